The molecule has 0 aromatic heterocycles. The van der Waals surface area contributed by atoms with Gasteiger partial charge in [-0.2, -0.15) is 0 Å². The van der Waals surface area contributed by atoms with Gasteiger partial charge in [0, 0.05) is 25.2 Å². The van der Waals surface area contributed by atoms with Crippen LogP contribution in [0.15, 0.2) is 24.3 Å². The Balaban J connectivity index is 1.85. The van der Waals surface area contributed by atoms with Gasteiger partial charge in [0.1, 0.15) is 5.82 Å². The summed E-state index contributed by atoms with van der Waals surface area (Å²) in [5.74, 6) is 0.326. The maximum absolute atomic E-state index is 13.6. The van der Waals surface area contributed by atoms with Gasteiger partial charge in [0.15, 0.2) is 0 Å². The minimum absolute atomic E-state index is 0.330. The molecule has 1 heterocycles. The number of nitrogens with zero attached hydrogens (tertiary/aromatic N) is 2. The van der Waals surface area contributed by atoms with Crippen LogP contribution in [0.3, 0.4) is 0 Å². The van der Waals surface area contributed by atoms with E-state index in [1.54, 1.807) is 18.2 Å². The summed E-state index contributed by atoms with van der Waals surface area (Å²) in [7, 11) is 4.12. The lowest BCUT2D eigenvalue weighted by Gasteiger charge is -2.24. The third kappa shape index (κ3) is 4.00. The Morgan fingerprint density at radius 2 is 2.21 bits per heavy atom. The van der Waals surface area contributed by atoms with Crippen molar-refractivity contribution in [2.45, 2.75) is 12.5 Å². The molecular formula is C15H23FN2O. The van der Waals surface area contributed by atoms with Gasteiger partial charge in [0.25, 0.3) is 0 Å². The summed E-state index contributed by atoms with van der Waals surface area (Å²) in [5, 5.41) is 10.1. The fourth-order valence-electron chi connectivity index (χ4n) is 2.83. The zero-order valence-electron chi connectivity index (χ0n) is 11.7. The SMILES string of the molecule is CN1CCC(CN(C)CC(O)c2ccccc2F)C1. The molecule has 0 spiro atoms. The number of hydrogen-bond donors (Lipinski definition) is 1. The number of halogens is 1. The molecule has 4 heteroatoms. The molecule has 1 aromatic carbocycles. The highest BCUT2D eigenvalue weighted by molar-refractivity contribution is 5.19. The molecule has 2 unspecified atom stereocenters. The molecule has 0 amide bonds. The fourth-order valence-corrected chi connectivity index (χ4v) is 2.83. The van der Waals surface area contributed by atoms with Crippen molar-refractivity contribution in [2.75, 3.05) is 40.3 Å². The highest BCUT2D eigenvalue weighted by atomic mass is 19.1. The maximum Gasteiger partial charge on any atom is 0.129 e. The number of aliphatic hydroxyl groups is 1. The molecule has 2 atom stereocenters. The van der Waals surface area contributed by atoms with Crippen molar-refractivity contribution in [3.63, 3.8) is 0 Å². The van der Waals surface area contributed by atoms with Crippen LogP contribution in [0.1, 0.15) is 18.1 Å². The molecule has 0 saturated carbocycles. The number of aliphatic hydroxyl groups excluding tert-OH is 1. The van der Waals surface area contributed by atoms with Crippen molar-refractivity contribution in [1.29, 1.82) is 0 Å². The Labute approximate surface area is 114 Å². The molecule has 1 N–H and O–H groups in total. The van der Waals surface area contributed by atoms with Crippen LogP contribution < -0.4 is 0 Å². The van der Waals surface area contributed by atoms with E-state index in [0.29, 0.717) is 18.0 Å². The van der Waals surface area contributed by atoms with Crippen LogP contribution >= 0.6 is 0 Å². The molecule has 0 radical (unpaired) electrons. The zero-order valence-corrected chi connectivity index (χ0v) is 11.7. The smallest absolute Gasteiger partial charge is 0.129 e. The topological polar surface area (TPSA) is 26.7 Å². The van der Waals surface area contributed by atoms with Crippen molar-refractivity contribution in [3.8, 4) is 0 Å². The molecule has 0 bridgehead atoms. The molecule has 1 aromatic rings. The number of likely N-dealkylation sites (tertiary alicyclic amines) is 1. The van der Waals surface area contributed by atoms with Crippen LogP contribution in [0.5, 0.6) is 0 Å². The lowest BCUT2D eigenvalue weighted by molar-refractivity contribution is 0.115. The quantitative estimate of drug-likeness (QED) is 0.879. The van der Waals surface area contributed by atoms with Crippen molar-refractivity contribution in [3.05, 3.63) is 35.6 Å². The second-order valence-corrected chi connectivity index (χ2v) is 5.68. The minimum Gasteiger partial charge on any atom is -0.387 e. The molecule has 3 nitrogen and oxygen atoms in total. The van der Waals surface area contributed by atoms with E-state index < -0.39 is 6.10 Å². The fraction of sp³-hybridized carbons (Fsp3) is 0.600. The van der Waals surface area contributed by atoms with Crippen LogP contribution in [0.2, 0.25) is 0 Å². The normalized spacial score (nSPS) is 22.1. The lowest BCUT2D eigenvalue weighted by atomic mass is 10.1. The average molecular weight is 266 g/mol. The van der Waals surface area contributed by atoms with Gasteiger partial charge in [-0.3, -0.25) is 0 Å². The minimum atomic E-state index is -0.759. The summed E-state index contributed by atoms with van der Waals surface area (Å²) in [6, 6.07) is 6.44. The van der Waals surface area contributed by atoms with Gasteiger partial charge < -0.3 is 14.9 Å². The van der Waals surface area contributed by atoms with Gasteiger partial charge in [0.2, 0.25) is 0 Å². The molecule has 2 rings (SSSR count). The Kier molecular flexibility index (Phi) is 4.91. The summed E-state index contributed by atoms with van der Waals surface area (Å²) in [4.78, 5) is 4.42. The van der Waals surface area contributed by atoms with Crippen molar-refractivity contribution in [1.82, 2.24) is 9.80 Å². The first-order chi connectivity index (χ1) is 9.06. The van der Waals surface area contributed by atoms with Gasteiger partial charge >= 0.3 is 0 Å². The Morgan fingerprint density at radius 1 is 1.47 bits per heavy atom. The predicted octanol–water partition coefficient (Wildman–Crippen LogP) is 1.74. The molecule has 19 heavy (non-hydrogen) atoms. The van der Waals surface area contributed by atoms with Crippen LogP contribution in [0, 0.1) is 11.7 Å². The predicted molar refractivity (Wildman–Crippen MR) is 74.5 cm³/mol. The lowest BCUT2D eigenvalue weighted by Crippen LogP contribution is -2.31. The van der Waals surface area contributed by atoms with E-state index in [1.807, 2.05) is 7.05 Å². The number of likely N-dealkylation sites (N-methyl/N-ethyl adjacent to an activating group) is 1. The van der Waals surface area contributed by atoms with E-state index in [0.717, 1.165) is 19.6 Å². The molecule has 106 valence electrons. The third-order valence-electron chi connectivity index (χ3n) is 3.81. The largest absolute Gasteiger partial charge is 0.387 e. The first-order valence-electron chi connectivity index (χ1n) is 6.86. The Bertz CT molecular complexity index is 413. The van der Waals surface area contributed by atoms with Gasteiger partial charge in [0.05, 0.1) is 6.10 Å². The molecular weight excluding hydrogens is 243 g/mol. The van der Waals surface area contributed by atoms with E-state index in [9.17, 15) is 9.50 Å². The monoisotopic (exact) mass is 266 g/mol. The highest BCUT2D eigenvalue weighted by Crippen LogP contribution is 2.19. The van der Waals surface area contributed by atoms with Gasteiger partial charge in [-0.05, 0) is 39.0 Å². The van der Waals surface area contributed by atoms with E-state index in [2.05, 4.69) is 16.8 Å². The molecule has 1 fully saturated rings. The summed E-state index contributed by atoms with van der Waals surface area (Å²) >= 11 is 0. The van der Waals surface area contributed by atoms with Crippen LogP contribution in [-0.4, -0.2) is 55.2 Å². The molecule has 0 aliphatic carbocycles. The number of hydrogen-bond acceptors (Lipinski definition) is 3. The first kappa shape index (κ1) is 14.4. The molecule has 1 aliphatic heterocycles. The zero-order chi connectivity index (χ0) is 13.8. The second-order valence-electron chi connectivity index (χ2n) is 5.68. The number of rotatable bonds is 5. The third-order valence-corrected chi connectivity index (χ3v) is 3.81. The first-order valence-corrected chi connectivity index (χ1v) is 6.86. The van der Waals surface area contributed by atoms with E-state index >= 15 is 0 Å². The van der Waals surface area contributed by atoms with Crippen LogP contribution in [0.25, 0.3) is 0 Å². The summed E-state index contributed by atoms with van der Waals surface area (Å²) < 4.78 is 13.6. The van der Waals surface area contributed by atoms with E-state index in [4.69, 9.17) is 0 Å². The van der Waals surface area contributed by atoms with Crippen molar-refractivity contribution < 1.29 is 9.50 Å². The Morgan fingerprint density at radius 3 is 2.84 bits per heavy atom. The summed E-state index contributed by atoms with van der Waals surface area (Å²) in [6.45, 7) is 3.69. The summed E-state index contributed by atoms with van der Waals surface area (Å²) in [6.07, 6.45) is 0.446. The van der Waals surface area contributed by atoms with Crippen molar-refractivity contribution >= 4 is 0 Å². The molecule has 1 aliphatic rings. The van der Waals surface area contributed by atoms with Gasteiger partial charge in [-0.25, -0.2) is 4.39 Å². The number of benzene rings is 1. The van der Waals surface area contributed by atoms with E-state index in [-0.39, 0.29) is 5.82 Å². The van der Waals surface area contributed by atoms with Crippen LogP contribution in [-0.2, 0) is 0 Å². The molecule has 1 saturated heterocycles. The van der Waals surface area contributed by atoms with Crippen molar-refractivity contribution in [2.24, 2.45) is 5.92 Å². The van der Waals surface area contributed by atoms with Gasteiger partial charge in [-0.1, -0.05) is 18.2 Å². The van der Waals surface area contributed by atoms with Crippen LogP contribution in [0.4, 0.5) is 4.39 Å². The van der Waals surface area contributed by atoms with Gasteiger partial charge in [-0.15, -0.1) is 0 Å². The Hall–Kier alpha value is -0.970. The highest BCUT2D eigenvalue weighted by Gasteiger charge is 2.22. The van der Waals surface area contributed by atoms with E-state index in [1.165, 1.54) is 12.5 Å². The second kappa shape index (κ2) is 6.46. The summed E-state index contributed by atoms with van der Waals surface area (Å²) in [5.41, 5.74) is 0.387. The maximum atomic E-state index is 13.6. The average Bonchev–Trinajstić information content (AvgIpc) is 2.74. The standard InChI is InChI=1S/C15H23FN2O/c1-17-8-7-12(9-17)10-18(2)11-15(19)13-5-3-4-6-14(13)16/h3-6,12,15,19H,7-11H2,1-2H3.